The molecule has 0 bridgehead atoms. The molecule has 0 aliphatic heterocycles. The first-order valence-electron chi connectivity index (χ1n) is 8.55. The van der Waals surface area contributed by atoms with Gasteiger partial charge in [0.2, 0.25) is 0 Å². The van der Waals surface area contributed by atoms with Gasteiger partial charge < -0.3 is 5.73 Å². The minimum absolute atomic E-state index is 0.117. The van der Waals surface area contributed by atoms with Crippen molar-refractivity contribution >= 4 is 0 Å². The van der Waals surface area contributed by atoms with Crippen LogP contribution >= 0.6 is 0 Å². The van der Waals surface area contributed by atoms with Crippen molar-refractivity contribution in [3.05, 3.63) is 34.6 Å². The number of hydrogen-bond acceptors (Lipinski definition) is 1. The smallest absolute Gasteiger partial charge is 0.128 e. The van der Waals surface area contributed by atoms with Crippen molar-refractivity contribution in [2.24, 2.45) is 17.6 Å². The Kier molecular flexibility index (Phi) is 5.80. The molecule has 2 rings (SSSR count). The summed E-state index contributed by atoms with van der Waals surface area (Å²) in [5, 5.41) is 0. The molecule has 118 valence electrons. The molecule has 1 aromatic rings. The maximum Gasteiger partial charge on any atom is 0.128 e. The SMILES string of the molecule is CCCCC1CCC(C(N)c2c(C)cc(C)cc2F)CC1. The number of rotatable bonds is 5. The summed E-state index contributed by atoms with van der Waals surface area (Å²) in [7, 11) is 0. The Hall–Kier alpha value is -0.890. The molecule has 0 heterocycles. The summed E-state index contributed by atoms with van der Waals surface area (Å²) in [6.45, 7) is 6.17. The third kappa shape index (κ3) is 4.06. The molecule has 0 saturated heterocycles. The number of aryl methyl sites for hydroxylation is 2. The molecule has 0 radical (unpaired) electrons. The summed E-state index contributed by atoms with van der Waals surface area (Å²) in [5.41, 5.74) is 9.16. The van der Waals surface area contributed by atoms with Crippen LogP contribution in [0.25, 0.3) is 0 Å². The molecule has 0 spiro atoms. The average Bonchev–Trinajstić information content (AvgIpc) is 2.44. The molecular formula is C19H30FN. The second-order valence-corrected chi connectivity index (χ2v) is 6.93. The van der Waals surface area contributed by atoms with E-state index < -0.39 is 0 Å². The Morgan fingerprint density at radius 3 is 2.43 bits per heavy atom. The van der Waals surface area contributed by atoms with Crippen molar-refractivity contribution < 1.29 is 4.39 Å². The topological polar surface area (TPSA) is 26.0 Å². The van der Waals surface area contributed by atoms with Crippen molar-refractivity contribution in [3.8, 4) is 0 Å². The van der Waals surface area contributed by atoms with E-state index in [0.717, 1.165) is 35.4 Å². The number of hydrogen-bond donors (Lipinski definition) is 1. The Morgan fingerprint density at radius 1 is 1.19 bits per heavy atom. The van der Waals surface area contributed by atoms with Gasteiger partial charge in [-0.15, -0.1) is 0 Å². The van der Waals surface area contributed by atoms with Gasteiger partial charge in [-0.2, -0.15) is 0 Å². The van der Waals surface area contributed by atoms with E-state index >= 15 is 0 Å². The zero-order chi connectivity index (χ0) is 15.4. The highest BCUT2D eigenvalue weighted by Crippen LogP contribution is 2.39. The first kappa shape index (κ1) is 16.5. The molecule has 1 aliphatic carbocycles. The largest absolute Gasteiger partial charge is 0.324 e. The molecule has 1 nitrogen and oxygen atoms in total. The van der Waals surface area contributed by atoms with E-state index in [1.165, 1.54) is 32.1 Å². The van der Waals surface area contributed by atoms with Crippen LogP contribution < -0.4 is 5.73 Å². The van der Waals surface area contributed by atoms with Crippen molar-refractivity contribution in [2.75, 3.05) is 0 Å². The quantitative estimate of drug-likeness (QED) is 0.768. The van der Waals surface area contributed by atoms with Gasteiger partial charge in [-0.05, 0) is 55.7 Å². The van der Waals surface area contributed by atoms with Crippen LogP contribution in [0.3, 0.4) is 0 Å². The van der Waals surface area contributed by atoms with E-state index in [9.17, 15) is 4.39 Å². The van der Waals surface area contributed by atoms with Gasteiger partial charge in [0.05, 0.1) is 0 Å². The lowest BCUT2D eigenvalue weighted by molar-refractivity contribution is 0.230. The molecular weight excluding hydrogens is 261 g/mol. The second kappa shape index (κ2) is 7.40. The van der Waals surface area contributed by atoms with Crippen molar-refractivity contribution in [1.82, 2.24) is 0 Å². The molecule has 2 N–H and O–H groups in total. The zero-order valence-corrected chi connectivity index (χ0v) is 13.8. The predicted molar refractivity (Wildman–Crippen MR) is 87.8 cm³/mol. The van der Waals surface area contributed by atoms with Crippen LogP contribution in [0.5, 0.6) is 0 Å². The first-order chi connectivity index (χ1) is 10.0. The third-order valence-corrected chi connectivity index (χ3v) is 5.18. The predicted octanol–water partition coefficient (Wildman–Crippen LogP) is 5.44. The minimum Gasteiger partial charge on any atom is -0.324 e. The minimum atomic E-state index is -0.141. The van der Waals surface area contributed by atoms with Crippen LogP contribution in [0.4, 0.5) is 4.39 Å². The Labute approximate surface area is 129 Å². The summed E-state index contributed by atoms with van der Waals surface area (Å²) in [6, 6.07) is 3.53. The molecule has 1 atom stereocenters. The summed E-state index contributed by atoms with van der Waals surface area (Å²) in [5.74, 6) is 1.20. The van der Waals surface area contributed by atoms with Gasteiger partial charge in [0.1, 0.15) is 5.82 Å². The normalized spacial score (nSPS) is 24.0. The molecule has 1 aromatic carbocycles. The Bertz CT molecular complexity index is 438. The fraction of sp³-hybridized carbons (Fsp3) is 0.684. The van der Waals surface area contributed by atoms with Crippen LogP contribution in [0, 0.1) is 31.5 Å². The van der Waals surface area contributed by atoms with Crippen molar-refractivity contribution in [1.29, 1.82) is 0 Å². The number of halogens is 1. The number of unbranched alkanes of at least 4 members (excludes halogenated alkanes) is 1. The maximum absolute atomic E-state index is 14.3. The molecule has 21 heavy (non-hydrogen) atoms. The van der Waals surface area contributed by atoms with Gasteiger partial charge in [0.25, 0.3) is 0 Å². The lowest BCUT2D eigenvalue weighted by Crippen LogP contribution is -2.27. The highest BCUT2D eigenvalue weighted by atomic mass is 19.1. The summed E-state index contributed by atoms with van der Waals surface area (Å²) >= 11 is 0. The molecule has 1 fully saturated rings. The molecule has 1 aliphatic rings. The fourth-order valence-electron chi connectivity index (χ4n) is 3.91. The molecule has 0 amide bonds. The van der Waals surface area contributed by atoms with Crippen molar-refractivity contribution in [2.45, 2.75) is 71.8 Å². The molecule has 1 saturated carbocycles. The van der Waals surface area contributed by atoms with E-state index in [0.29, 0.717) is 5.92 Å². The lowest BCUT2D eigenvalue weighted by atomic mass is 9.75. The van der Waals surface area contributed by atoms with E-state index in [1.54, 1.807) is 6.07 Å². The summed E-state index contributed by atoms with van der Waals surface area (Å²) in [4.78, 5) is 0. The highest BCUT2D eigenvalue weighted by molar-refractivity contribution is 5.34. The summed E-state index contributed by atoms with van der Waals surface area (Å²) in [6.07, 6.45) is 8.83. The van der Waals surface area contributed by atoms with Gasteiger partial charge in [-0.25, -0.2) is 4.39 Å². The van der Waals surface area contributed by atoms with Crippen molar-refractivity contribution in [3.63, 3.8) is 0 Å². The van der Waals surface area contributed by atoms with Crippen LogP contribution in [0.2, 0.25) is 0 Å². The molecule has 0 aromatic heterocycles. The average molecular weight is 291 g/mol. The fourth-order valence-corrected chi connectivity index (χ4v) is 3.91. The van der Waals surface area contributed by atoms with Gasteiger partial charge >= 0.3 is 0 Å². The van der Waals surface area contributed by atoms with E-state index in [4.69, 9.17) is 5.73 Å². The highest BCUT2D eigenvalue weighted by Gasteiger charge is 2.28. The monoisotopic (exact) mass is 291 g/mol. The Morgan fingerprint density at radius 2 is 1.86 bits per heavy atom. The number of benzene rings is 1. The van der Waals surface area contributed by atoms with E-state index in [2.05, 4.69) is 6.92 Å². The van der Waals surface area contributed by atoms with Gasteiger partial charge in [-0.1, -0.05) is 45.1 Å². The number of nitrogens with two attached hydrogens (primary N) is 1. The van der Waals surface area contributed by atoms with Crippen LogP contribution in [-0.2, 0) is 0 Å². The standard InChI is InChI=1S/C19H30FN/c1-4-5-6-15-7-9-16(10-8-15)19(21)18-14(3)11-13(2)12-17(18)20/h11-12,15-16,19H,4-10,21H2,1-3H3. The van der Waals surface area contributed by atoms with E-state index in [-0.39, 0.29) is 11.9 Å². The van der Waals surface area contributed by atoms with Crippen LogP contribution in [-0.4, -0.2) is 0 Å². The summed E-state index contributed by atoms with van der Waals surface area (Å²) < 4.78 is 14.3. The van der Waals surface area contributed by atoms with Gasteiger partial charge in [-0.3, -0.25) is 0 Å². The molecule has 1 unspecified atom stereocenters. The Balaban J connectivity index is 2.00. The zero-order valence-electron chi connectivity index (χ0n) is 13.8. The van der Waals surface area contributed by atoms with E-state index in [1.807, 2.05) is 19.9 Å². The third-order valence-electron chi connectivity index (χ3n) is 5.18. The first-order valence-corrected chi connectivity index (χ1v) is 8.55. The molecule has 2 heteroatoms. The second-order valence-electron chi connectivity index (χ2n) is 6.93. The van der Waals surface area contributed by atoms with Gasteiger partial charge in [0.15, 0.2) is 0 Å². The van der Waals surface area contributed by atoms with Crippen LogP contribution in [0.1, 0.15) is 74.6 Å². The lowest BCUT2D eigenvalue weighted by Gasteiger charge is -2.33. The maximum atomic E-state index is 14.3. The van der Waals surface area contributed by atoms with Crippen LogP contribution in [0.15, 0.2) is 12.1 Å². The van der Waals surface area contributed by atoms with Gasteiger partial charge in [0, 0.05) is 11.6 Å².